The van der Waals surface area contributed by atoms with E-state index in [0.717, 1.165) is 10.6 Å². The normalized spacial score (nSPS) is 16.7. The number of urea groups is 1. The first-order valence-corrected chi connectivity index (χ1v) is 25.6. The molecule has 24 heteroatoms. The van der Waals surface area contributed by atoms with Gasteiger partial charge in [-0.2, -0.15) is 0 Å². The number of rotatable bonds is 25. The summed E-state index contributed by atoms with van der Waals surface area (Å²) in [6, 6.07) is 12.7. The summed E-state index contributed by atoms with van der Waals surface area (Å²) >= 11 is 0. The number of nitrogens with two attached hydrogens (primary N) is 2. The molecule has 4 aromatic rings. The number of primary amides is 1. The van der Waals surface area contributed by atoms with Gasteiger partial charge in [-0.25, -0.2) is 19.6 Å². The summed E-state index contributed by atoms with van der Waals surface area (Å²) in [5.74, 6) is -2.44. The number of hydrogen-bond acceptors (Lipinski definition) is 16. The molecule has 7 rings (SSSR count). The maximum atomic E-state index is 13.6. The van der Waals surface area contributed by atoms with E-state index in [1.807, 2.05) is 6.07 Å². The summed E-state index contributed by atoms with van der Waals surface area (Å²) in [5.41, 5.74) is 14.8. The third kappa shape index (κ3) is 16.4. The predicted octanol–water partition coefficient (Wildman–Crippen LogP) is 3.54. The van der Waals surface area contributed by atoms with Crippen molar-refractivity contribution in [2.75, 3.05) is 60.7 Å². The van der Waals surface area contributed by atoms with E-state index in [4.69, 9.17) is 25.7 Å². The third-order valence-corrected chi connectivity index (χ3v) is 12.9. The van der Waals surface area contributed by atoms with Crippen LogP contribution in [-0.4, -0.2) is 131 Å². The quantitative estimate of drug-likeness (QED) is 0.0348. The Kier molecular flexibility index (Phi) is 19.8. The van der Waals surface area contributed by atoms with Gasteiger partial charge in [0.25, 0.3) is 17.7 Å². The number of morpholine rings is 1. The fourth-order valence-corrected chi connectivity index (χ4v) is 8.61. The van der Waals surface area contributed by atoms with Crippen molar-refractivity contribution in [1.82, 2.24) is 41.1 Å². The molecule has 9 amide bonds. The summed E-state index contributed by atoms with van der Waals surface area (Å²) in [4.78, 5) is 117. The lowest BCUT2D eigenvalue weighted by Gasteiger charge is -2.35. The molecule has 1 aliphatic carbocycles. The molecule has 408 valence electrons. The van der Waals surface area contributed by atoms with E-state index in [2.05, 4.69) is 51.8 Å². The highest BCUT2D eigenvalue weighted by Crippen LogP contribution is 2.30. The van der Waals surface area contributed by atoms with Gasteiger partial charge in [-0.1, -0.05) is 32.4 Å². The van der Waals surface area contributed by atoms with E-state index in [0.29, 0.717) is 98.8 Å². The number of anilines is 4. The Morgan fingerprint density at radius 3 is 2.27 bits per heavy atom. The summed E-state index contributed by atoms with van der Waals surface area (Å²) in [7, 11) is 0. The Labute approximate surface area is 444 Å². The maximum Gasteiger partial charge on any atom is 0.407 e. The van der Waals surface area contributed by atoms with Crippen molar-refractivity contribution in [3.8, 4) is 17.0 Å². The van der Waals surface area contributed by atoms with Crippen molar-refractivity contribution in [1.29, 1.82) is 0 Å². The first-order valence-electron chi connectivity index (χ1n) is 25.6. The van der Waals surface area contributed by atoms with Crippen LogP contribution in [0.25, 0.3) is 11.3 Å². The summed E-state index contributed by atoms with van der Waals surface area (Å²) < 4.78 is 17.1. The van der Waals surface area contributed by atoms with Crippen molar-refractivity contribution in [3.05, 3.63) is 96.6 Å². The zero-order chi connectivity index (χ0) is 54.8. The minimum absolute atomic E-state index is 0.0170. The SMILES string of the molecule is CC(C)[C@H](NC(=O)CCCCCN1C(=O)C=CC1=O)C(=O)N[C@@H](CCCNC(N)=O)C(=O)Nc1ccc(COC(=O)NC2CC(Oc3ccc(-c4cnc(N)c(C(=O)Nc5cnccc5N5CCOCC5)n4)cc3)C2)cc1. The van der Waals surface area contributed by atoms with Crippen LogP contribution in [-0.2, 0) is 40.1 Å². The van der Waals surface area contributed by atoms with Gasteiger partial charge in [0.2, 0.25) is 17.7 Å². The molecule has 1 saturated heterocycles. The number of amides is 9. The summed E-state index contributed by atoms with van der Waals surface area (Å²) in [5, 5.41) is 16.5. The second-order valence-electron chi connectivity index (χ2n) is 19.0. The van der Waals surface area contributed by atoms with Gasteiger partial charge in [0, 0.05) is 81.1 Å². The van der Waals surface area contributed by atoms with E-state index in [-0.39, 0.29) is 79.8 Å². The Hall–Kier alpha value is -8.67. The van der Waals surface area contributed by atoms with Crippen LogP contribution in [0.1, 0.15) is 81.3 Å². The highest BCUT2D eigenvalue weighted by atomic mass is 16.5. The zero-order valence-electron chi connectivity index (χ0n) is 43.0. The van der Waals surface area contributed by atoms with Crippen molar-refractivity contribution in [3.63, 3.8) is 0 Å². The van der Waals surface area contributed by atoms with Crippen LogP contribution in [0.2, 0.25) is 0 Å². The molecule has 0 bridgehead atoms. The lowest BCUT2D eigenvalue weighted by atomic mass is 9.89. The van der Waals surface area contributed by atoms with Crippen molar-refractivity contribution in [2.24, 2.45) is 11.7 Å². The van der Waals surface area contributed by atoms with Crippen LogP contribution in [0.5, 0.6) is 5.75 Å². The minimum atomic E-state index is -1.05. The van der Waals surface area contributed by atoms with Crippen LogP contribution in [0.15, 0.2) is 85.3 Å². The van der Waals surface area contributed by atoms with Gasteiger partial charge in [0.05, 0.1) is 42.7 Å². The number of pyridine rings is 1. The van der Waals surface area contributed by atoms with E-state index in [9.17, 15) is 38.4 Å². The number of carbonyl (C=O) groups is 8. The van der Waals surface area contributed by atoms with Crippen LogP contribution < -0.4 is 53.0 Å². The lowest BCUT2D eigenvalue weighted by molar-refractivity contribution is -0.137. The number of aromatic nitrogens is 3. The topological polar surface area (TPSA) is 334 Å². The zero-order valence-corrected chi connectivity index (χ0v) is 43.0. The fraction of sp³-hybridized carbons (Fsp3) is 0.415. The lowest BCUT2D eigenvalue weighted by Crippen LogP contribution is -2.54. The van der Waals surface area contributed by atoms with Gasteiger partial charge in [-0.05, 0) is 79.6 Å². The number of ether oxygens (including phenoxy) is 3. The predicted molar refractivity (Wildman–Crippen MR) is 283 cm³/mol. The van der Waals surface area contributed by atoms with Gasteiger partial charge in [0.15, 0.2) is 11.5 Å². The number of unbranched alkanes of at least 4 members (excludes halogenated alkanes) is 2. The standard InChI is InChI=1S/C53H65N13O11/c1-32(2)46(64-43(67)8-4-3-5-22-66-44(68)17-18-45(66)69)50(71)62-39(7-6-20-57-52(55)73)49(70)59-35-13-9-33(10-14-35)31-76-53(74)60-36-27-38(28-36)77-37-15-11-34(12-16-37)40-30-58-48(54)47(61-40)51(72)63-41-29-56-21-19-42(41)65-23-25-75-26-24-65/h9-19,21,29-30,32,36,38-39,46H,3-8,20,22-28,31H2,1-2H3,(H2,54,58)(H,59,70)(H,60,74)(H,62,71)(H,63,72)(H,64,67)(H3,55,57,73)/t36?,38?,39-,46-/m0/s1. The van der Waals surface area contributed by atoms with E-state index in [1.165, 1.54) is 18.3 Å². The minimum Gasteiger partial charge on any atom is -0.490 e. The first-order chi connectivity index (χ1) is 37.1. The Morgan fingerprint density at radius 1 is 0.844 bits per heavy atom. The molecule has 77 heavy (non-hydrogen) atoms. The summed E-state index contributed by atoms with van der Waals surface area (Å²) in [6.45, 7) is 6.41. The molecule has 2 aromatic heterocycles. The fourth-order valence-electron chi connectivity index (χ4n) is 8.61. The number of imide groups is 1. The molecule has 10 N–H and O–H groups in total. The first kappa shape index (κ1) is 56.1. The third-order valence-electron chi connectivity index (χ3n) is 12.9. The molecule has 24 nitrogen and oxygen atoms in total. The smallest absolute Gasteiger partial charge is 0.407 e. The highest BCUT2D eigenvalue weighted by Gasteiger charge is 2.33. The average molecular weight is 1060 g/mol. The number of nitrogens with zero attached hydrogens (tertiary/aromatic N) is 5. The number of benzene rings is 2. The molecule has 2 atom stereocenters. The maximum absolute atomic E-state index is 13.6. The van der Waals surface area contributed by atoms with Gasteiger partial charge < -0.3 is 62.5 Å². The van der Waals surface area contributed by atoms with E-state index >= 15 is 0 Å². The van der Waals surface area contributed by atoms with Crippen molar-refractivity contribution >= 4 is 70.4 Å². The number of hydrogen-bond donors (Lipinski definition) is 8. The molecular formula is C53H65N13O11. The molecule has 4 heterocycles. The molecule has 1 saturated carbocycles. The Bertz CT molecular complexity index is 2760. The molecule has 2 fully saturated rings. The second-order valence-corrected chi connectivity index (χ2v) is 19.0. The molecule has 0 spiro atoms. The molecule has 3 aliphatic rings. The van der Waals surface area contributed by atoms with E-state index < -0.39 is 41.9 Å². The Morgan fingerprint density at radius 2 is 1.57 bits per heavy atom. The van der Waals surface area contributed by atoms with Crippen molar-refractivity contribution in [2.45, 2.75) is 96.1 Å². The van der Waals surface area contributed by atoms with Gasteiger partial charge in [-0.3, -0.25) is 38.7 Å². The van der Waals surface area contributed by atoms with Crippen molar-refractivity contribution < 1.29 is 52.6 Å². The molecule has 0 unspecified atom stereocenters. The molecule has 2 aliphatic heterocycles. The molecular weight excluding hydrogens is 995 g/mol. The van der Waals surface area contributed by atoms with Crippen LogP contribution >= 0.6 is 0 Å². The number of nitrogen functional groups attached to an aromatic ring is 1. The average Bonchev–Trinajstić information content (AvgIpc) is 3.73. The second kappa shape index (κ2) is 27.2. The number of nitrogens with one attached hydrogen (secondary N) is 6. The highest BCUT2D eigenvalue weighted by molar-refractivity contribution is 6.13. The van der Waals surface area contributed by atoms with Gasteiger partial charge >= 0.3 is 12.1 Å². The van der Waals surface area contributed by atoms with Crippen LogP contribution in [0.3, 0.4) is 0 Å². The van der Waals surface area contributed by atoms with Gasteiger partial charge in [0.1, 0.15) is 30.5 Å². The largest absolute Gasteiger partial charge is 0.490 e. The van der Waals surface area contributed by atoms with Crippen LogP contribution in [0, 0.1) is 5.92 Å². The number of carbonyl (C=O) groups excluding carboxylic acids is 8. The van der Waals surface area contributed by atoms with Crippen LogP contribution in [0.4, 0.5) is 32.5 Å². The summed E-state index contributed by atoms with van der Waals surface area (Å²) in [6.07, 6.45) is 9.68. The monoisotopic (exact) mass is 1060 g/mol. The number of alkyl carbamates (subject to hydrolysis) is 1. The molecule has 0 radical (unpaired) electrons. The van der Waals surface area contributed by atoms with E-state index in [1.54, 1.807) is 74.8 Å². The Balaban J connectivity index is 0.821. The molecule has 2 aromatic carbocycles. The van der Waals surface area contributed by atoms with Gasteiger partial charge in [-0.15, -0.1) is 0 Å².